The average Bonchev–Trinajstić information content (AvgIpc) is 2.40. The van der Waals surface area contributed by atoms with Gasteiger partial charge >= 0.3 is 0 Å². The number of hydrogen-bond acceptors (Lipinski definition) is 4. The lowest BCUT2D eigenvalue weighted by Crippen LogP contribution is -2.35. The molecule has 1 aliphatic rings. The number of ether oxygens (including phenoxy) is 1. The van der Waals surface area contributed by atoms with Gasteiger partial charge in [0, 0.05) is 39.5 Å². The highest BCUT2D eigenvalue weighted by Crippen LogP contribution is 2.25. The maximum atomic E-state index is 5.76. The summed E-state index contributed by atoms with van der Waals surface area (Å²) in [5.74, 6) is 0.703. The third-order valence-corrected chi connectivity index (χ3v) is 3.47. The summed E-state index contributed by atoms with van der Waals surface area (Å²) in [7, 11) is 1.78. The molecule has 2 heterocycles. The first-order valence-electron chi connectivity index (χ1n) is 6.22. The van der Waals surface area contributed by atoms with E-state index in [1.165, 1.54) is 24.1 Å². The topological polar surface area (TPSA) is 51.4 Å². The van der Waals surface area contributed by atoms with Gasteiger partial charge in [-0.25, -0.2) is 0 Å². The van der Waals surface area contributed by atoms with Crippen LogP contribution < -0.4 is 10.6 Å². The van der Waals surface area contributed by atoms with Gasteiger partial charge in [0.2, 0.25) is 0 Å². The van der Waals surface area contributed by atoms with Crippen molar-refractivity contribution in [1.82, 2.24) is 4.98 Å². The van der Waals surface area contributed by atoms with E-state index in [2.05, 4.69) is 9.88 Å². The molecule has 17 heavy (non-hydrogen) atoms. The van der Waals surface area contributed by atoms with Crippen LogP contribution in [0.3, 0.4) is 0 Å². The summed E-state index contributed by atoms with van der Waals surface area (Å²) < 4.78 is 5.22. The van der Waals surface area contributed by atoms with Gasteiger partial charge in [-0.05, 0) is 30.4 Å². The van der Waals surface area contributed by atoms with Crippen molar-refractivity contribution in [2.24, 2.45) is 11.7 Å². The van der Waals surface area contributed by atoms with Crippen LogP contribution in [0.15, 0.2) is 18.5 Å². The van der Waals surface area contributed by atoms with E-state index in [4.69, 9.17) is 10.5 Å². The summed E-state index contributed by atoms with van der Waals surface area (Å²) in [5, 5.41) is 0. The lowest BCUT2D eigenvalue weighted by atomic mass is 9.97. The molecule has 0 amide bonds. The van der Waals surface area contributed by atoms with Gasteiger partial charge in [0.05, 0.1) is 11.9 Å². The van der Waals surface area contributed by atoms with Crippen LogP contribution in [0.5, 0.6) is 0 Å². The van der Waals surface area contributed by atoms with Crippen molar-refractivity contribution in [2.45, 2.75) is 19.4 Å². The van der Waals surface area contributed by atoms with E-state index in [9.17, 15) is 0 Å². The molecule has 0 bridgehead atoms. The van der Waals surface area contributed by atoms with Crippen molar-refractivity contribution in [3.63, 3.8) is 0 Å². The highest BCUT2D eigenvalue weighted by atomic mass is 16.5. The Morgan fingerprint density at radius 3 is 2.88 bits per heavy atom. The Bertz CT molecular complexity index is 348. The number of piperidine rings is 1. The fourth-order valence-corrected chi connectivity index (χ4v) is 2.45. The molecule has 4 nitrogen and oxygen atoms in total. The zero-order valence-electron chi connectivity index (χ0n) is 10.4. The van der Waals surface area contributed by atoms with Crippen LogP contribution in [0.25, 0.3) is 0 Å². The van der Waals surface area contributed by atoms with E-state index in [0.29, 0.717) is 12.5 Å². The monoisotopic (exact) mass is 235 g/mol. The van der Waals surface area contributed by atoms with Gasteiger partial charge in [-0.15, -0.1) is 0 Å². The number of nitrogens with zero attached hydrogens (tertiary/aromatic N) is 2. The lowest BCUT2D eigenvalue weighted by Gasteiger charge is -2.34. The Kier molecular flexibility index (Phi) is 4.34. The van der Waals surface area contributed by atoms with Crippen molar-refractivity contribution < 1.29 is 4.74 Å². The maximum absolute atomic E-state index is 5.76. The number of anilines is 1. The van der Waals surface area contributed by atoms with E-state index in [0.717, 1.165) is 19.7 Å². The second-order valence-electron chi connectivity index (χ2n) is 4.59. The van der Waals surface area contributed by atoms with Crippen molar-refractivity contribution in [3.8, 4) is 0 Å². The van der Waals surface area contributed by atoms with Gasteiger partial charge in [0.15, 0.2) is 0 Å². The number of aromatic nitrogens is 1. The van der Waals surface area contributed by atoms with Crippen LogP contribution in [-0.2, 0) is 11.3 Å². The van der Waals surface area contributed by atoms with Crippen molar-refractivity contribution in [3.05, 3.63) is 24.0 Å². The molecule has 1 saturated heterocycles. The predicted molar refractivity (Wildman–Crippen MR) is 68.9 cm³/mol. The molecule has 0 saturated carbocycles. The van der Waals surface area contributed by atoms with Crippen LogP contribution in [0.1, 0.15) is 18.4 Å². The lowest BCUT2D eigenvalue weighted by molar-refractivity contribution is 0.139. The standard InChI is InChI=1S/C13H21N3O/c1-17-10-11-3-6-16(7-4-11)13-9-15-5-2-12(13)8-14/h2,5,9,11H,3-4,6-8,10,14H2,1H3. The molecule has 0 spiro atoms. The maximum Gasteiger partial charge on any atom is 0.0598 e. The average molecular weight is 235 g/mol. The first-order chi connectivity index (χ1) is 8.35. The normalized spacial score (nSPS) is 17.4. The summed E-state index contributed by atoms with van der Waals surface area (Å²) in [5.41, 5.74) is 8.14. The predicted octanol–water partition coefficient (Wildman–Crippen LogP) is 1.40. The molecule has 0 atom stereocenters. The SMILES string of the molecule is COCC1CCN(c2cnccc2CN)CC1. The fraction of sp³-hybridized carbons (Fsp3) is 0.615. The largest absolute Gasteiger partial charge is 0.384 e. The van der Waals surface area contributed by atoms with E-state index in [1.54, 1.807) is 7.11 Å². The van der Waals surface area contributed by atoms with Gasteiger partial charge in [-0.3, -0.25) is 4.98 Å². The molecule has 0 aliphatic carbocycles. The second-order valence-corrected chi connectivity index (χ2v) is 4.59. The van der Waals surface area contributed by atoms with Gasteiger partial charge in [0.25, 0.3) is 0 Å². The first kappa shape index (κ1) is 12.3. The van der Waals surface area contributed by atoms with E-state index in [1.807, 2.05) is 18.5 Å². The van der Waals surface area contributed by atoms with E-state index < -0.39 is 0 Å². The van der Waals surface area contributed by atoms with Gasteiger partial charge in [-0.1, -0.05) is 0 Å². The Morgan fingerprint density at radius 1 is 1.47 bits per heavy atom. The molecule has 94 valence electrons. The molecule has 2 N–H and O–H groups in total. The Hall–Kier alpha value is -1.13. The number of rotatable bonds is 4. The number of hydrogen-bond donors (Lipinski definition) is 1. The van der Waals surface area contributed by atoms with Gasteiger partial charge < -0.3 is 15.4 Å². The molecule has 0 unspecified atom stereocenters. The van der Waals surface area contributed by atoms with Crippen LogP contribution in [0, 0.1) is 5.92 Å². The highest BCUT2D eigenvalue weighted by Gasteiger charge is 2.20. The molecule has 0 radical (unpaired) electrons. The molecular weight excluding hydrogens is 214 g/mol. The summed E-state index contributed by atoms with van der Waals surface area (Å²) in [6.07, 6.45) is 6.11. The van der Waals surface area contributed by atoms with Crippen molar-refractivity contribution in [1.29, 1.82) is 0 Å². The molecule has 1 fully saturated rings. The Morgan fingerprint density at radius 2 is 2.24 bits per heavy atom. The second kappa shape index (κ2) is 5.98. The van der Waals surface area contributed by atoms with Crippen LogP contribution >= 0.6 is 0 Å². The molecular formula is C13H21N3O. The zero-order valence-corrected chi connectivity index (χ0v) is 10.4. The molecule has 0 aromatic carbocycles. The summed E-state index contributed by atoms with van der Waals surface area (Å²) in [4.78, 5) is 6.59. The summed E-state index contributed by atoms with van der Waals surface area (Å²) in [6, 6.07) is 2.01. The molecule has 1 aromatic heterocycles. The smallest absolute Gasteiger partial charge is 0.0598 e. The van der Waals surface area contributed by atoms with E-state index >= 15 is 0 Å². The first-order valence-corrected chi connectivity index (χ1v) is 6.22. The van der Waals surface area contributed by atoms with Crippen LogP contribution in [0.2, 0.25) is 0 Å². The van der Waals surface area contributed by atoms with Crippen molar-refractivity contribution in [2.75, 3.05) is 31.7 Å². The minimum atomic E-state index is 0.579. The number of nitrogens with two attached hydrogens (primary N) is 1. The molecule has 1 aliphatic heterocycles. The third-order valence-electron chi connectivity index (χ3n) is 3.47. The Labute approximate surface area is 103 Å². The zero-order chi connectivity index (χ0) is 12.1. The van der Waals surface area contributed by atoms with Gasteiger partial charge in [0.1, 0.15) is 0 Å². The van der Waals surface area contributed by atoms with Crippen molar-refractivity contribution >= 4 is 5.69 Å². The number of pyridine rings is 1. The van der Waals surface area contributed by atoms with E-state index in [-0.39, 0.29) is 0 Å². The third kappa shape index (κ3) is 2.96. The molecule has 2 rings (SSSR count). The highest BCUT2D eigenvalue weighted by molar-refractivity contribution is 5.51. The Balaban J connectivity index is 2.00. The number of methoxy groups -OCH3 is 1. The summed E-state index contributed by atoms with van der Waals surface area (Å²) >= 11 is 0. The minimum absolute atomic E-state index is 0.579. The van der Waals surface area contributed by atoms with Crippen LogP contribution in [0.4, 0.5) is 5.69 Å². The molecule has 4 heteroatoms. The quantitative estimate of drug-likeness (QED) is 0.857. The van der Waals surface area contributed by atoms with Gasteiger partial charge in [-0.2, -0.15) is 0 Å². The van der Waals surface area contributed by atoms with Crippen LogP contribution in [-0.4, -0.2) is 31.8 Å². The minimum Gasteiger partial charge on any atom is -0.384 e. The molecule has 1 aromatic rings. The summed E-state index contributed by atoms with van der Waals surface area (Å²) in [6.45, 7) is 3.61. The fourth-order valence-electron chi connectivity index (χ4n) is 2.45.